The number of aliphatic imine (C=N–C) groups is 1. The molecule has 2 heterocycles. The summed E-state index contributed by atoms with van der Waals surface area (Å²) < 4.78 is 31.7. The Morgan fingerprint density at radius 3 is 2.60 bits per heavy atom. The quantitative estimate of drug-likeness (QED) is 0.486. The van der Waals surface area contributed by atoms with Crippen LogP contribution in [0, 0.1) is 22.6 Å². The second-order valence-corrected chi connectivity index (χ2v) is 7.05. The van der Waals surface area contributed by atoms with Gasteiger partial charge in [0.05, 0.1) is 6.34 Å². The van der Waals surface area contributed by atoms with E-state index in [1.54, 1.807) is 19.0 Å². The van der Waals surface area contributed by atoms with Gasteiger partial charge in [0.1, 0.15) is 23.0 Å². The van der Waals surface area contributed by atoms with Gasteiger partial charge in [-0.05, 0) is 12.1 Å². The average Bonchev–Trinajstić information content (AvgIpc) is 2.91. The van der Waals surface area contributed by atoms with E-state index in [0.29, 0.717) is 24.2 Å². The highest BCUT2D eigenvalue weighted by atomic mass is 19.1. The normalized spacial score (nSPS) is 17.2. The van der Waals surface area contributed by atoms with Crippen molar-refractivity contribution >= 4 is 35.8 Å². The van der Waals surface area contributed by atoms with E-state index >= 15 is 0 Å². The van der Waals surface area contributed by atoms with Gasteiger partial charge in [0.15, 0.2) is 0 Å². The van der Waals surface area contributed by atoms with Crippen LogP contribution < -0.4 is 5.46 Å². The first kappa shape index (κ1) is 17.5. The zero-order chi connectivity index (χ0) is 18.2. The molecule has 0 atom stereocenters. The lowest BCUT2D eigenvalue weighted by molar-refractivity contribution is 0.0341. The molecule has 0 unspecified atom stereocenters. The Hall–Kier alpha value is -2.37. The fourth-order valence-corrected chi connectivity index (χ4v) is 2.63. The molecule has 8 heteroatoms. The Bertz CT molecular complexity index is 860. The molecular formula is C17H19BFN3O3. The van der Waals surface area contributed by atoms with Gasteiger partial charge in [0, 0.05) is 43.6 Å². The minimum atomic E-state index is -0.882. The van der Waals surface area contributed by atoms with Crippen molar-refractivity contribution in [3.63, 3.8) is 0 Å². The summed E-state index contributed by atoms with van der Waals surface area (Å²) in [5.41, 5.74) is 0.575. The van der Waals surface area contributed by atoms with Crippen LogP contribution in [-0.4, -0.2) is 45.7 Å². The van der Waals surface area contributed by atoms with E-state index in [1.807, 2.05) is 13.8 Å². The first-order valence-electron chi connectivity index (χ1n) is 7.91. The molecule has 1 aromatic carbocycles. The maximum Gasteiger partial charge on any atom is 0.497 e. The molecule has 0 N–H and O–H groups in total. The molecular weight excluding hydrogens is 324 g/mol. The van der Waals surface area contributed by atoms with Gasteiger partial charge in [-0.2, -0.15) is 5.26 Å². The maximum atomic E-state index is 14.6. The largest absolute Gasteiger partial charge is 0.497 e. The SMILES string of the molecule is CN(C)/C=N/c1oc2ccc(F)c(B3OCC(C)(C)CO3)c2c1C#N. The fourth-order valence-electron chi connectivity index (χ4n) is 2.63. The summed E-state index contributed by atoms with van der Waals surface area (Å²) in [5, 5.41) is 9.91. The minimum absolute atomic E-state index is 0.134. The molecule has 25 heavy (non-hydrogen) atoms. The molecule has 0 spiro atoms. The smallest absolute Gasteiger partial charge is 0.437 e. The number of rotatable bonds is 3. The van der Waals surface area contributed by atoms with Gasteiger partial charge in [0.2, 0.25) is 5.88 Å². The lowest BCUT2D eigenvalue weighted by Crippen LogP contribution is -2.48. The first-order valence-corrected chi connectivity index (χ1v) is 7.91. The van der Waals surface area contributed by atoms with E-state index in [2.05, 4.69) is 11.1 Å². The molecule has 0 radical (unpaired) electrons. The van der Waals surface area contributed by atoms with Gasteiger partial charge in [-0.1, -0.05) is 13.8 Å². The summed E-state index contributed by atoms with van der Waals surface area (Å²) in [4.78, 5) is 5.87. The highest BCUT2D eigenvalue weighted by molar-refractivity contribution is 6.64. The maximum absolute atomic E-state index is 14.6. The van der Waals surface area contributed by atoms with Crippen molar-refractivity contribution in [2.75, 3.05) is 27.3 Å². The Morgan fingerprint density at radius 1 is 1.32 bits per heavy atom. The predicted molar refractivity (Wildman–Crippen MR) is 93.8 cm³/mol. The molecule has 3 rings (SSSR count). The van der Waals surface area contributed by atoms with Crippen LogP contribution in [0.2, 0.25) is 0 Å². The van der Waals surface area contributed by atoms with Gasteiger partial charge >= 0.3 is 7.12 Å². The van der Waals surface area contributed by atoms with Crippen molar-refractivity contribution in [1.82, 2.24) is 4.90 Å². The van der Waals surface area contributed by atoms with Crippen LogP contribution in [0.15, 0.2) is 21.5 Å². The molecule has 0 saturated carbocycles. The van der Waals surface area contributed by atoms with Crippen molar-refractivity contribution in [2.24, 2.45) is 10.4 Å². The number of hydrogen-bond acceptors (Lipinski definition) is 5. The number of furan rings is 1. The Labute approximate surface area is 146 Å². The second-order valence-electron chi connectivity index (χ2n) is 7.05. The predicted octanol–water partition coefficient (Wildman–Crippen LogP) is 2.43. The molecule has 0 amide bonds. The Balaban J connectivity index is 2.12. The monoisotopic (exact) mass is 343 g/mol. The van der Waals surface area contributed by atoms with E-state index in [4.69, 9.17) is 13.7 Å². The van der Waals surface area contributed by atoms with Crippen molar-refractivity contribution in [1.29, 1.82) is 5.26 Å². The molecule has 1 aliphatic heterocycles. The minimum Gasteiger partial charge on any atom is -0.437 e. The van der Waals surface area contributed by atoms with Crippen molar-refractivity contribution < 1.29 is 18.1 Å². The van der Waals surface area contributed by atoms with E-state index in [9.17, 15) is 9.65 Å². The number of halogens is 1. The third-order valence-corrected chi connectivity index (χ3v) is 3.83. The highest BCUT2D eigenvalue weighted by Crippen LogP contribution is 2.32. The van der Waals surface area contributed by atoms with Crippen molar-refractivity contribution in [3.8, 4) is 6.07 Å². The molecule has 0 bridgehead atoms. The molecule has 1 aromatic heterocycles. The van der Waals surface area contributed by atoms with Crippen LogP contribution in [0.3, 0.4) is 0 Å². The van der Waals surface area contributed by atoms with Crippen LogP contribution in [-0.2, 0) is 9.31 Å². The summed E-state index contributed by atoms with van der Waals surface area (Å²) in [6.45, 7) is 4.87. The number of fused-ring (bicyclic) bond motifs is 1. The molecule has 1 saturated heterocycles. The van der Waals surface area contributed by atoms with E-state index in [0.717, 1.165) is 0 Å². The average molecular weight is 343 g/mol. The van der Waals surface area contributed by atoms with E-state index < -0.39 is 12.9 Å². The van der Waals surface area contributed by atoms with Crippen molar-refractivity contribution in [2.45, 2.75) is 13.8 Å². The van der Waals surface area contributed by atoms with Gasteiger partial charge < -0.3 is 18.6 Å². The summed E-state index contributed by atoms with van der Waals surface area (Å²) in [6, 6.07) is 4.83. The zero-order valence-corrected chi connectivity index (χ0v) is 14.7. The number of nitriles is 1. The summed E-state index contributed by atoms with van der Waals surface area (Å²) >= 11 is 0. The first-order chi connectivity index (χ1) is 11.8. The van der Waals surface area contributed by atoms with E-state index in [1.165, 1.54) is 18.5 Å². The van der Waals surface area contributed by atoms with Gasteiger partial charge in [0.25, 0.3) is 0 Å². The number of benzene rings is 1. The molecule has 1 aliphatic rings. The summed E-state index contributed by atoms with van der Waals surface area (Å²) in [6.07, 6.45) is 1.52. The zero-order valence-electron chi connectivity index (χ0n) is 14.7. The van der Waals surface area contributed by atoms with Crippen LogP contribution in [0.5, 0.6) is 0 Å². The highest BCUT2D eigenvalue weighted by Gasteiger charge is 2.37. The molecule has 2 aromatic rings. The van der Waals surface area contributed by atoms with E-state index in [-0.39, 0.29) is 22.3 Å². The fraction of sp³-hybridized carbons (Fsp3) is 0.412. The number of nitrogens with zero attached hydrogens (tertiary/aromatic N) is 3. The topological polar surface area (TPSA) is 71.0 Å². The molecule has 6 nitrogen and oxygen atoms in total. The summed E-state index contributed by atoms with van der Waals surface area (Å²) in [7, 11) is 2.72. The van der Waals surface area contributed by atoms with Gasteiger partial charge in [-0.3, -0.25) is 0 Å². The van der Waals surface area contributed by atoms with Gasteiger partial charge in [-0.15, -0.1) is 0 Å². The van der Waals surface area contributed by atoms with Crippen LogP contribution in [0.25, 0.3) is 11.0 Å². The second kappa shape index (κ2) is 6.50. The Morgan fingerprint density at radius 2 is 2.00 bits per heavy atom. The molecule has 0 aliphatic carbocycles. The molecule has 130 valence electrons. The third kappa shape index (κ3) is 3.39. The van der Waals surface area contributed by atoms with Crippen LogP contribution in [0.1, 0.15) is 19.4 Å². The van der Waals surface area contributed by atoms with Crippen LogP contribution in [0.4, 0.5) is 10.3 Å². The van der Waals surface area contributed by atoms with Gasteiger partial charge in [-0.25, -0.2) is 9.38 Å². The van der Waals surface area contributed by atoms with Crippen molar-refractivity contribution in [3.05, 3.63) is 23.5 Å². The lowest BCUT2D eigenvalue weighted by atomic mass is 9.73. The van der Waals surface area contributed by atoms with Crippen LogP contribution >= 0.6 is 0 Å². The molecule has 1 fully saturated rings. The lowest BCUT2D eigenvalue weighted by Gasteiger charge is -2.33. The third-order valence-electron chi connectivity index (χ3n) is 3.83. The summed E-state index contributed by atoms with van der Waals surface area (Å²) in [5.74, 6) is -0.369. The standard InChI is InChI=1S/C17H19BFN3O3/c1-17(2)8-23-18(24-9-17)15-12(19)5-6-13-14(15)11(7-20)16(25-13)21-10-22(3)4/h5-6,10H,8-9H2,1-4H3/b21-10+. The Kier molecular flexibility index (Phi) is 4.54. The number of hydrogen-bond donors (Lipinski definition) is 0.